The van der Waals surface area contributed by atoms with Crippen LogP contribution in [0.4, 0.5) is 0 Å². The lowest BCUT2D eigenvalue weighted by Crippen LogP contribution is -2.25. The second-order valence-electron chi connectivity index (χ2n) is 2.30. The summed E-state index contributed by atoms with van der Waals surface area (Å²) < 4.78 is 2.03. The van der Waals surface area contributed by atoms with Crippen molar-refractivity contribution in [1.29, 1.82) is 0 Å². The molecule has 0 N–H and O–H groups in total. The summed E-state index contributed by atoms with van der Waals surface area (Å²) in [6, 6.07) is 4.21. The molecule has 2 heteroatoms. The molecular formula is C9H12NS+. The Morgan fingerprint density at radius 1 is 1.55 bits per heavy atom. The molecule has 1 rings (SSSR count). The molecule has 0 aliphatic carbocycles. The summed E-state index contributed by atoms with van der Waals surface area (Å²) in [5.41, 5.74) is 0. The maximum absolute atomic E-state index is 3.67. The second-order valence-corrected chi connectivity index (χ2v) is 3.39. The highest BCUT2D eigenvalue weighted by Gasteiger charge is 1.93. The number of aryl methyl sites for hydroxylation is 1. The third kappa shape index (κ3) is 2.76. The fraction of sp³-hybridized carbons (Fsp3) is 0.222. The Morgan fingerprint density at radius 2 is 2.18 bits per heavy atom. The minimum absolute atomic E-state index is 0.980. The molecule has 0 atom stereocenters. The first kappa shape index (κ1) is 8.34. The van der Waals surface area contributed by atoms with Gasteiger partial charge in [-0.25, -0.2) is 4.57 Å². The van der Waals surface area contributed by atoms with Crippen LogP contribution in [-0.4, -0.2) is 5.75 Å². The van der Waals surface area contributed by atoms with Crippen molar-refractivity contribution in [2.75, 3.05) is 5.75 Å². The SMILES string of the molecule is C=CCSc1cc[n+](C)cc1. The summed E-state index contributed by atoms with van der Waals surface area (Å²) in [6.07, 6.45) is 6.01. The van der Waals surface area contributed by atoms with Crippen LogP contribution in [0.2, 0.25) is 0 Å². The summed E-state index contributed by atoms with van der Waals surface area (Å²) in [6.45, 7) is 3.67. The smallest absolute Gasteiger partial charge is 0.169 e. The summed E-state index contributed by atoms with van der Waals surface area (Å²) >= 11 is 1.80. The van der Waals surface area contributed by atoms with Crippen LogP contribution < -0.4 is 4.57 Å². The van der Waals surface area contributed by atoms with Gasteiger partial charge in [0, 0.05) is 22.8 Å². The van der Waals surface area contributed by atoms with Crippen molar-refractivity contribution in [2.24, 2.45) is 7.05 Å². The average molecular weight is 166 g/mol. The first-order valence-electron chi connectivity index (χ1n) is 3.52. The monoisotopic (exact) mass is 166 g/mol. The van der Waals surface area contributed by atoms with Gasteiger partial charge in [0.15, 0.2) is 12.4 Å². The lowest BCUT2D eigenvalue weighted by molar-refractivity contribution is -0.671. The van der Waals surface area contributed by atoms with Gasteiger partial charge < -0.3 is 0 Å². The van der Waals surface area contributed by atoms with Gasteiger partial charge in [-0.1, -0.05) is 6.08 Å². The van der Waals surface area contributed by atoms with Crippen LogP contribution in [0.3, 0.4) is 0 Å². The molecule has 11 heavy (non-hydrogen) atoms. The summed E-state index contributed by atoms with van der Waals surface area (Å²) in [7, 11) is 2.02. The van der Waals surface area contributed by atoms with Crippen LogP contribution in [0.25, 0.3) is 0 Å². The van der Waals surface area contributed by atoms with Gasteiger partial charge in [0.2, 0.25) is 0 Å². The highest BCUT2D eigenvalue weighted by molar-refractivity contribution is 7.99. The zero-order valence-corrected chi connectivity index (χ0v) is 7.47. The Kier molecular flexibility index (Phi) is 3.17. The second kappa shape index (κ2) is 4.19. The maximum atomic E-state index is 3.67. The Balaban J connectivity index is 2.58. The van der Waals surface area contributed by atoms with E-state index in [0.717, 1.165) is 5.75 Å². The third-order valence-corrected chi connectivity index (χ3v) is 2.32. The standard InChI is InChI=1S/C9H12NS/c1-3-8-11-9-4-6-10(2)7-5-9/h3-7H,1,8H2,2H3/q+1. The van der Waals surface area contributed by atoms with Gasteiger partial charge in [-0.2, -0.15) is 0 Å². The lowest BCUT2D eigenvalue weighted by atomic mass is 10.5. The number of pyridine rings is 1. The molecule has 1 heterocycles. The van der Waals surface area contributed by atoms with E-state index in [1.54, 1.807) is 11.8 Å². The van der Waals surface area contributed by atoms with Crippen LogP contribution in [0, 0.1) is 0 Å². The molecule has 0 aliphatic rings. The Bertz CT molecular complexity index is 228. The van der Waals surface area contributed by atoms with E-state index < -0.39 is 0 Å². The predicted molar refractivity (Wildman–Crippen MR) is 48.5 cm³/mol. The minimum Gasteiger partial charge on any atom is -0.208 e. The highest BCUT2D eigenvalue weighted by atomic mass is 32.2. The quantitative estimate of drug-likeness (QED) is 0.376. The van der Waals surface area contributed by atoms with Gasteiger partial charge in [-0.05, 0) is 0 Å². The molecule has 0 saturated heterocycles. The van der Waals surface area contributed by atoms with Gasteiger partial charge in [0.25, 0.3) is 0 Å². The first-order valence-corrected chi connectivity index (χ1v) is 4.50. The van der Waals surface area contributed by atoms with Crippen LogP contribution in [0.5, 0.6) is 0 Å². The zero-order chi connectivity index (χ0) is 8.10. The van der Waals surface area contributed by atoms with E-state index in [-0.39, 0.29) is 0 Å². The van der Waals surface area contributed by atoms with E-state index in [9.17, 15) is 0 Å². The predicted octanol–water partition coefficient (Wildman–Crippen LogP) is 1.79. The number of rotatable bonds is 3. The van der Waals surface area contributed by atoms with E-state index in [1.807, 2.05) is 30.1 Å². The molecule has 0 spiro atoms. The van der Waals surface area contributed by atoms with E-state index in [1.165, 1.54) is 4.90 Å². The molecule has 0 aromatic carbocycles. The molecular weight excluding hydrogens is 154 g/mol. The van der Waals surface area contributed by atoms with Crippen LogP contribution >= 0.6 is 11.8 Å². The summed E-state index contributed by atoms with van der Waals surface area (Å²) in [5, 5.41) is 0. The number of hydrogen-bond acceptors (Lipinski definition) is 1. The molecule has 58 valence electrons. The summed E-state index contributed by atoms with van der Waals surface area (Å²) in [5.74, 6) is 0.980. The molecule has 0 fully saturated rings. The topological polar surface area (TPSA) is 3.88 Å². The molecule has 0 amide bonds. The van der Waals surface area contributed by atoms with Crippen molar-refractivity contribution >= 4 is 11.8 Å². The van der Waals surface area contributed by atoms with Crippen molar-refractivity contribution < 1.29 is 4.57 Å². The Hall–Kier alpha value is -0.760. The van der Waals surface area contributed by atoms with Crippen molar-refractivity contribution in [1.82, 2.24) is 0 Å². The number of nitrogens with zero attached hydrogens (tertiary/aromatic N) is 1. The fourth-order valence-corrected chi connectivity index (χ4v) is 1.36. The highest BCUT2D eigenvalue weighted by Crippen LogP contribution is 2.14. The van der Waals surface area contributed by atoms with E-state index >= 15 is 0 Å². The zero-order valence-electron chi connectivity index (χ0n) is 6.66. The molecule has 1 aromatic heterocycles. The van der Waals surface area contributed by atoms with Crippen LogP contribution in [0.15, 0.2) is 42.1 Å². The van der Waals surface area contributed by atoms with Crippen molar-refractivity contribution in [3.63, 3.8) is 0 Å². The molecule has 0 aliphatic heterocycles. The first-order chi connectivity index (χ1) is 5.33. The van der Waals surface area contributed by atoms with Crippen LogP contribution in [0.1, 0.15) is 0 Å². The fourth-order valence-electron chi connectivity index (χ4n) is 0.739. The maximum Gasteiger partial charge on any atom is 0.169 e. The number of aromatic nitrogens is 1. The van der Waals surface area contributed by atoms with Crippen molar-refractivity contribution in [3.05, 3.63) is 37.2 Å². The summed E-state index contributed by atoms with van der Waals surface area (Å²) in [4.78, 5) is 1.29. The van der Waals surface area contributed by atoms with Gasteiger partial charge in [-0.15, -0.1) is 18.3 Å². The van der Waals surface area contributed by atoms with Crippen molar-refractivity contribution in [3.8, 4) is 0 Å². The molecule has 1 aromatic rings. The van der Waals surface area contributed by atoms with E-state index in [0.29, 0.717) is 0 Å². The van der Waals surface area contributed by atoms with Gasteiger partial charge in [0.05, 0.1) is 0 Å². The number of thioether (sulfide) groups is 1. The number of hydrogen-bond donors (Lipinski definition) is 0. The Morgan fingerprint density at radius 3 is 2.73 bits per heavy atom. The van der Waals surface area contributed by atoms with E-state index in [4.69, 9.17) is 0 Å². The van der Waals surface area contributed by atoms with Gasteiger partial charge in [-0.3, -0.25) is 0 Å². The lowest BCUT2D eigenvalue weighted by Gasteiger charge is -1.94. The third-order valence-electron chi connectivity index (χ3n) is 1.32. The minimum atomic E-state index is 0.980. The van der Waals surface area contributed by atoms with Crippen molar-refractivity contribution in [2.45, 2.75) is 4.90 Å². The largest absolute Gasteiger partial charge is 0.208 e. The normalized spacial score (nSPS) is 9.55. The average Bonchev–Trinajstić information content (AvgIpc) is 2.04. The molecule has 0 radical (unpaired) electrons. The van der Waals surface area contributed by atoms with Gasteiger partial charge >= 0.3 is 0 Å². The molecule has 1 nitrogen and oxygen atoms in total. The van der Waals surface area contributed by atoms with Crippen LogP contribution in [-0.2, 0) is 7.05 Å². The molecule has 0 bridgehead atoms. The Labute approximate surface area is 71.8 Å². The molecule has 0 saturated carbocycles. The molecule has 0 unspecified atom stereocenters. The van der Waals surface area contributed by atoms with E-state index in [2.05, 4.69) is 18.7 Å². The van der Waals surface area contributed by atoms with Gasteiger partial charge in [0.1, 0.15) is 7.05 Å².